The molecule has 12 heteroatoms. The summed E-state index contributed by atoms with van der Waals surface area (Å²) in [5.74, 6) is -0.738. The first-order valence-electron chi connectivity index (χ1n) is 12.0. The van der Waals surface area contributed by atoms with Gasteiger partial charge in [0.25, 0.3) is 11.8 Å². The highest BCUT2D eigenvalue weighted by molar-refractivity contribution is 6.08. The van der Waals surface area contributed by atoms with Crippen LogP contribution < -0.4 is 16.0 Å². The largest absolute Gasteiger partial charge is 0.416 e. The van der Waals surface area contributed by atoms with E-state index in [0.29, 0.717) is 23.7 Å². The SMILES string of the molecule is Cc1ccc(NC(=O)c2cccc(C(F)(F)F)c2)cc1C(=O)Nc1cnc(NCCN2CCOCC2)nc1. The highest BCUT2D eigenvalue weighted by Gasteiger charge is 2.31. The molecule has 0 bridgehead atoms. The van der Waals surface area contributed by atoms with Crippen molar-refractivity contribution in [3.8, 4) is 0 Å². The number of anilines is 3. The number of nitrogens with one attached hydrogen (secondary N) is 3. The maximum Gasteiger partial charge on any atom is 0.416 e. The van der Waals surface area contributed by atoms with E-state index in [1.54, 1.807) is 19.1 Å². The van der Waals surface area contributed by atoms with E-state index in [4.69, 9.17) is 4.74 Å². The van der Waals surface area contributed by atoms with Crippen LogP contribution in [0.5, 0.6) is 0 Å². The number of rotatable bonds is 8. The van der Waals surface area contributed by atoms with Crippen LogP contribution in [0.4, 0.5) is 30.5 Å². The fraction of sp³-hybridized carbons (Fsp3) is 0.308. The van der Waals surface area contributed by atoms with Crippen LogP contribution in [0.25, 0.3) is 0 Å². The number of carbonyl (C=O) groups is 2. The highest BCUT2D eigenvalue weighted by Crippen LogP contribution is 2.29. The maximum atomic E-state index is 13.0. The van der Waals surface area contributed by atoms with Crippen molar-refractivity contribution in [1.29, 1.82) is 0 Å². The van der Waals surface area contributed by atoms with E-state index in [0.717, 1.165) is 45.0 Å². The number of amides is 2. The Balaban J connectivity index is 1.35. The molecule has 3 aromatic rings. The second kappa shape index (κ2) is 12.0. The zero-order chi connectivity index (χ0) is 27.1. The predicted molar refractivity (Wildman–Crippen MR) is 136 cm³/mol. The zero-order valence-electron chi connectivity index (χ0n) is 20.6. The van der Waals surface area contributed by atoms with Crippen LogP contribution in [0.2, 0.25) is 0 Å². The first kappa shape index (κ1) is 27.0. The maximum absolute atomic E-state index is 13.0. The van der Waals surface area contributed by atoms with Gasteiger partial charge < -0.3 is 20.7 Å². The summed E-state index contributed by atoms with van der Waals surface area (Å²) in [4.78, 5) is 36.2. The third-order valence-electron chi connectivity index (χ3n) is 5.92. The molecule has 200 valence electrons. The molecule has 2 heterocycles. The van der Waals surface area contributed by atoms with Gasteiger partial charge in [0, 0.05) is 43.0 Å². The Morgan fingerprint density at radius 2 is 1.68 bits per heavy atom. The van der Waals surface area contributed by atoms with Crippen molar-refractivity contribution in [2.75, 3.05) is 55.3 Å². The molecule has 1 aliphatic heterocycles. The van der Waals surface area contributed by atoms with Crippen molar-refractivity contribution in [3.63, 3.8) is 0 Å². The average molecular weight is 529 g/mol. The number of ether oxygens (including phenoxy) is 1. The molecule has 0 radical (unpaired) electrons. The summed E-state index contributed by atoms with van der Waals surface area (Å²) in [6.45, 7) is 6.48. The number of nitrogens with zero attached hydrogens (tertiary/aromatic N) is 3. The van der Waals surface area contributed by atoms with Gasteiger partial charge in [0.05, 0.1) is 36.9 Å². The van der Waals surface area contributed by atoms with Crippen LogP contribution >= 0.6 is 0 Å². The van der Waals surface area contributed by atoms with Gasteiger partial charge in [-0.25, -0.2) is 9.97 Å². The van der Waals surface area contributed by atoms with Gasteiger partial charge >= 0.3 is 6.18 Å². The first-order chi connectivity index (χ1) is 18.2. The number of aryl methyl sites for hydroxylation is 1. The number of halogens is 3. The summed E-state index contributed by atoms with van der Waals surface area (Å²) < 4.78 is 44.3. The quantitative estimate of drug-likeness (QED) is 0.405. The molecule has 1 saturated heterocycles. The Morgan fingerprint density at radius 3 is 2.39 bits per heavy atom. The number of hydrogen-bond acceptors (Lipinski definition) is 7. The standard InChI is InChI=1S/C26H27F3N6O3/c1-17-5-6-20(33-23(36)18-3-2-4-19(13-18)26(27,28)29)14-22(17)24(37)34-21-15-31-25(32-16-21)30-7-8-35-9-11-38-12-10-35/h2-6,13-16H,7-12H2,1H3,(H,33,36)(H,34,37)(H,30,31,32). The topological polar surface area (TPSA) is 108 Å². The van der Waals surface area contributed by atoms with Gasteiger partial charge in [-0.3, -0.25) is 14.5 Å². The predicted octanol–water partition coefficient (Wildman–Crippen LogP) is 4.05. The Bertz CT molecular complexity index is 1280. The Kier molecular flexibility index (Phi) is 8.54. The third kappa shape index (κ3) is 7.26. The van der Waals surface area contributed by atoms with E-state index in [2.05, 4.69) is 30.8 Å². The fourth-order valence-corrected chi connectivity index (χ4v) is 3.82. The normalized spacial score (nSPS) is 14.1. The van der Waals surface area contributed by atoms with E-state index in [1.165, 1.54) is 30.6 Å². The Morgan fingerprint density at radius 1 is 0.974 bits per heavy atom. The van der Waals surface area contributed by atoms with Gasteiger partial charge in [0.15, 0.2) is 0 Å². The molecule has 1 fully saturated rings. The molecule has 3 N–H and O–H groups in total. The molecular formula is C26H27F3N6O3. The van der Waals surface area contributed by atoms with Gasteiger partial charge in [-0.2, -0.15) is 13.2 Å². The van der Waals surface area contributed by atoms with Crippen molar-refractivity contribution < 1.29 is 27.5 Å². The van der Waals surface area contributed by atoms with E-state index in [9.17, 15) is 22.8 Å². The van der Waals surface area contributed by atoms with Crippen molar-refractivity contribution in [3.05, 3.63) is 77.1 Å². The lowest BCUT2D eigenvalue weighted by molar-refractivity contribution is -0.137. The van der Waals surface area contributed by atoms with Crippen molar-refractivity contribution in [1.82, 2.24) is 14.9 Å². The average Bonchev–Trinajstić information content (AvgIpc) is 2.91. The fourth-order valence-electron chi connectivity index (χ4n) is 3.82. The molecular weight excluding hydrogens is 501 g/mol. The Labute approximate surface area is 217 Å². The lowest BCUT2D eigenvalue weighted by atomic mass is 10.1. The number of benzene rings is 2. The summed E-state index contributed by atoms with van der Waals surface area (Å²) in [5.41, 5.74) is 0.490. The second-order valence-corrected chi connectivity index (χ2v) is 8.69. The molecule has 0 unspecified atom stereocenters. The third-order valence-corrected chi connectivity index (χ3v) is 5.92. The molecule has 9 nitrogen and oxygen atoms in total. The molecule has 2 aromatic carbocycles. The van der Waals surface area contributed by atoms with E-state index < -0.39 is 23.6 Å². The number of aromatic nitrogens is 2. The zero-order valence-corrected chi connectivity index (χ0v) is 20.6. The monoisotopic (exact) mass is 528 g/mol. The number of hydrogen-bond donors (Lipinski definition) is 3. The summed E-state index contributed by atoms with van der Waals surface area (Å²) in [6, 6.07) is 8.78. The van der Waals surface area contributed by atoms with Crippen molar-refractivity contribution >= 4 is 29.1 Å². The van der Waals surface area contributed by atoms with E-state index in [1.807, 2.05) is 0 Å². The van der Waals surface area contributed by atoms with Gasteiger partial charge in [-0.1, -0.05) is 12.1 Å². The van der Waals surface area contributed by atoms with Crippen LogP contribution in [0.3, 0.4) is 0 Å². The first-order valence-corrected chi connectivity index (χ1v) is 12.0. The van der Waals surface area contributed by atoms with E-state index in [-0.39, 0.29) is 16.8 Å². The Hall–Kier alpha value is -4.03. The summed E-state index contributed by atoms with van der Waals surface area (Å²) in [5, 5.41) is 8.41. The number of alkyl halides is 3. The van der Waals surface area contributed by atoms with Gasteiger partial charge in [0.1, 0.15) is 0 Å². The van der Waals surface area contributed by atoms with Crippen molar-refractivity contribution in [2.24, 2.45) is 0 Å². The van der Waals surface area contributed by atoms with Crippen LogP contribution in [0, 0.1) is 6.92 Å². The van der Waals surface area contributed by atoms with Crippen LogP contribution in [-0.4, -0.2) is 66.1 Å². The molecule has 0 saturated carbocycles. The molecule has 1 aliphatic rings. The van der Waals surface area contributed by atoms with Gasteiger partial charge in [-0.15, -0.1) is 0 Å². The minimum absolute atomic E-state index is 0.151. The number of morpholine rings is 1. The lowest BCUT2D eigenvalue weighted by Gasteiger charge is -2.26. The smallest absolute Gasteiger partial charge is 0.379 e. The molecule has 0 spiro atoms. The molecule has 4 rings (SSSR count). The van der Waals surface area contributed by atoms with E-state index >= 15 is 0 Å². The van der Waals surface area contributed by atoms with Crippen LogP contribution in [0.1, 0.15) is 31.8 Å². The second-order valence-electron chi connectivity index (χ2n) is 8.69. The lowest BCUT2D eigenvalue weighted by Crippen LogP contribution is -2.39. The van der Waals surface area contributed by atoms with Gasteiger partial charge in [-0.05, 0) is 42.8 Å². The van der Waals surface area contributed by atoms with Gasteiger partial charge in [0.2, 0.25) is 5.95 Å². The molecule has 0 aliphatic carbocycles. The van der Waals surface area contributed by atoms with Crippen LogP contribution in [-0.2, 0) is 10.9 Å². The summed E-state index contributed by atoms with van der Waals surface area (Å²) in [6.07, 6.45) is -1.60. The highest BCUT2D eigenvalue weighted by atomic mass is 19.4. The minimum Gasteiger partial charge on any atom is -0.379 e. The van der Waals surface area contributed by atoms with Crippen molar-refractivity contribution in [2.45, 2.75) is 13.1 Å². The van der Waals surface area contributed by atoms with Crippen LogP contribution in [0.15, 0.2) is 54.9 Å². The summed E-state index contributed by atoms with van der Waals surface area (Å²) >= 11 is 0. The minimum atomic E-state index is -4.56. The molecule has 2 amide bonds. The molecule has 1 aromatic heterocycles. The molecule has 0 atom stereocenters. The molecule has 38 heavy (non-hydrogen) atoms. The summed E-state index contributed by atoms with van der Waals surface area (Å²) in [7, 11) is 0. The number of carbonyl (C=O) groups excluding carboxylic acids is 2.